The predicted octanol–water partition coefficient (Wildman–Crippen LogP) is 5.95. The van der Waals surface area contributed by atoms with Crippen LogP contribution in [0.2, 0.25) is 5.02 Å². The van der Waals surface area contributed by atoms with Crippen LogP contribution in [-0.4, -0.2) is 50.9 Å². The summed E-state index contributed by atoms with van der Waals surface area (Å²) in [4.78, 5) is 28.7. The molecule has 0 aliphatic rings. The summed E-state index contributed by atoms with van der Waals surface area (Å²) in [7, 11) is -2.72. The van der Waals surface area contributed by atoms with Gasteiger partial charge < -0.3 is 15.0 Å². The average molecular weight is 665 g/mol. The normalized spacial score (nSPS) is 12.1. The molecule has 0 unspecified atom stereocenters. The number of methoxy groups -OCH3 is 1. The van der Waals surface area contributed by atoms with Crippen LogP contribution in [0.3, 0.4) is 0 Å². The topological polar surface area (TPSA) is 96.0 Å². The van der Waals surface area contributed by atoms with Gasteiger partial charge in [-0.1, -0.05) is 48.4 Å². The van der Waals surface area contributed by atoms with Crippen molar-refractivity contribution in [2.75, 3.05) is 18.0 Å². The van der Waals surface area contributed by atoms with E-state index in [1.807, 2.05) is 27.7 Å². The third kappa shape index (κ3) is 8.24. The number of aryl methyl sites for hydroxylation is 1. The van der Waals surface area contributed by atoms with E-state index in [9.17, 15) is 18.0 Å². The van der Waals surface area contributed by atoms with Gasteiger partial charge in [-0.05, 0) is 91.1 Å². The van der Waals surface area contributed by atoms with Crippen molar-refractivity contribution in [3.63, 3.8) is 0 Å². The molecule has 220 valence electrons. The number of halogens is 2. The average Bonchev–Trinajstić information content (AvgIpc) is 2.92. The first-order valence-electron chi connectivity index (χ1n) is 13.1. The summed E-state index contributed by atoms with van der Waals surface area (Å²) in [5.74, 6) is -0.367. The second kappa shape index (κ2) is 14.2. The summed E-state index contributed by atoms with van der Waals surface area (Å²) < 4.78 is 34.9. The van der Waals surface area contributed by atoms with Crippen molar-refractivity contribution in [2.45, 2.75) is 57.6 Å². The molecule has 1 N–H and O–H groups in total. The quantitative estimate of drug-likeness (QED) is 0.258. The third-order valence-electron chi connectivity index (χ3n) is 6.40. The van der Waals surface area contributed by atoms with Gasteiger partial charge in [-0.15, -0.1) is 0 Å². The van der Waals surface area contributed by atoms with Gasteiger partial charge in [-0.2, -0.15) is 0 Å². The van der Waals surface area contributed by atoms with Crippen molar-refractivity contribution in [1.29, 1.82) is 0 Å². The van der Waals surface area contributed by atoms with Crippen molar-refractivity contribution in [3.05, 3.63) is 87.4 Å². The number of hydrogen-bond donors (Lipinski definition) is 1. The number of anilines is 1. The van der Waals surface area contributed by atoms with Gasteiger partial charge in [0.25, 0.3) is 10.0 Å². The number of carbonyl (C=O) groups excluding carboxylic acids is 2. The maximum Gasteiger partial charge on any atom is 0.264 e. The number of ether oxygens (including phenoxy) is 1. The Labute approximate surface area is 255 Å². The second-order valence-electron chi connectivity index (χ2n) is 9.88. The lowest BCUT2D eigenvalue weighted by atomic mass is 10.1. The van der Waals surface area contributed by atoms with Crippen molar-refractivity contribution < 1.29 is 22.7 Å². The van der Waals surface area contributed by atoms with E-state index in [-0.39, 0.29) is 23.4 Å². The van der Waals surface area contributed by atoms with Gasteiger partial charge in [0.15, 0.2) is 0 Å². The molecule has 0 saturated carbocycles. The molecular formula is C30H35BrClN3O5S. The summed E-state index contributed by atoms with van der Waals surface area (Å²) in [5, 5.41) is 3.43. The molecule has 0 bridgehead atoms. The van der Waals surface area contributed by atoms with Crippen LogP contribution in [0.25, 0.3) is 0 Å². The van der Waals surface area contributed by atoms with Gasteiger partial charge >= 0.3 is 0 Å². The molecule has 0 aromatic heterocycles. The molecule has 2 amide bonds. The molecule has 8 nitrogen and oxygen atoms in total. The molecule has 3 aromatic rings. The van der Waals surface area contributed by atoms with Crippen LogP contribution in [0.4, 0.5) is 5.69 Å². The minimum absolute atomic E-state index is 0.0209. The summed E-state index contributed by atoms with van der Waals surface area (Å²) in [6, 6.07) is 17.3. The van der Waals surface area contributed by atoms with Crippen molar-refractivity contribution in [2.24, 2.45) is 0 Å². The number of amides is 2. The minimum atomic E-state index is -4.21. The van der Waals surface area contributed by atoms with Crippen LogP contribution in [0, 0.1) is 6.92 Å². The van der Waals surface area contributed by atoms with Gasteiger partial charge in [-0.3, -0.25) is 13.9 Å². The maximum absolute atomic E-state index is 14.1. The molecule has 3 rings (SSSR count). The molecule has 0 aliphatic heterocycles. The highest BCUT2D eigenvalue weighted by molar-refractivity contribution is 9.10. The lowest BCUT2D eigenvalue weighted by Gasteiger charge is -2.33. The number of nitrogens with zero attached hydrogens (tertiary/aromatic N) is 2. The zero-order valence-corrected chi connectivity index (χ0v) is 26.9. The molecule has 0 aliphatic carbocycles. The monoisotopic (exact) mass is 663 g/mol. The van der Waals surface area contributed by atoms with E-state index >= 15 is 0 Å². The summed E-state index contributed by atoms with van der Waals surface area (Å²) >= 11 is 9.42. The van der Waals surface area contributed by atoms with Crippen LogP contribution in [-0.2, 0) is 26.2 Å². The zero-order chi connectivity index (χ0) is 30.3. The van der Waals surface area contributed by atoms with E-state index in [1.54, 1.807) is 54.6 Å². The van der Waals surface area contributed by atoms with E-state index in [1.165, 1.54) is 24.1 Å². The Hall–Kier alpha value is -3.08. The molecular weight excluding hydrogens is 630 g/mol. The first-order valence-corrected chi connectivity index (χ1v) is 15.8. The summed E-state index contributed by atoms with van der Waals surface area (Å²) in [6.45, 7) is 6.96. The van der Waals surface area contributed by atoms with Crippen LogP contribution in [0.1, 0.15) is 38.3 Å². The van der Waals surface area contributed by atoms with Gasteiger partial charge in [0.1, 0.15) is 18.3 Å². The Bertz CT molecular complexity index is 1460. The lowest BCUT2D eigenvalue weighted by Crippen LogP contribution is -2.53. The first-order chi connectivity index (χ1) is 19.4. The van der Waals surface area contributed by atoms with E-state index in [0.717, 1.165) is 15.4 Å². The van der Waals surface area contributed by atoms with E-state index in [0.29, 0.717) is 27.4 Å². The predicted molar refractivity (Wildman–Crippen MR) is 166 cm³/mol. The van der Waals surface area contributed by atoms with E-state index < -0.39 is 28.5 Å². The Morgan fingerprint density at radius 2 is 1.66 bits per heavy atom. The van der Waals surface area contributed by atoms with Crippen LogP contribution < -0.4 is 14.4 Å². The fraction of sp³-hybridized carbons (Fsp3) is 0.333. The maximum atomic E-state index is 14.1. The first kappa shape index (κ1) is 32.4. The van der Waals surface area contributed by atoms with Crippen molar-refractivity contribution >= 4 is 55.1 Å². The molecule has 0 radical (unpaired) electrons. The van der Waals surface area contributed by atoms with Gasteiger partial charge in [-0.25, -0.2) is 8.42 Å². The van der Waals surface area contributed by atoms with Crippen LogP contribution in [0.5, 0.6) is 5.75 Å². The number of carbonyl (C=O) groups is 2. The number of nitrogens with one attached hydrogen (secondary N) is 1. The highest BCUT2D eigenvalue weighted by Crippen LogP contribution is 2.31. The van der Waals surface area contributed by atoms with Crippen molar-refractivity contribution in [3.8, 4) is 5.75 Å². The SMILES string of the molecule is CC[C@H](C(=O)NC(C)C)N(Cc1ccc(Cl)cc1)C(=O)CN(c1ccc(C)cc1)S(=O)(=O)c1ccc(OC)c(Br)c1. The van der Waals surface area contributed by atoms with Crippen molar-refractivity contribution in [1.82, 2.24) is 10.2 Å². The molecule has 3 aromatic carbocycles. The molecule has 1 atom stereocenters. The smallest absolute Gasteiger partial charge is 0.264 e. The molecule has 0 spiro atoms. The van der Waals surface area contributed by atoms with Gasteiger partial charge in [0.05, 0.1) is 22.2 Å². The summed E-state index contributed by atoms with van der Waals surface area (Å²) in [6.07, 6.45) is 0.334. The molecule has 0 saturated heterocycles. The Morgan fingerprint density at radius 3 is 2.20 bits per heavy atom. The van der Waals surface area contributed by atoms with E-state index in [2.05, 4.69) is 21.2 Å². The van der Waals surface area contributed by atoms with Crippen LogP contribution >= 0.6 is 27.5 Å². The number of rotatable bonds is 12. The largest absolute Gasteiger partial charge is 0.496 e. The number of sulfonamides is 1. The van der Waals surface area contributed by atoms with E-state index in [4.69, 9.17) is 16.3 Å². The Morgan fingerprint density at radius 1 is 1.02 bits per heavy atom. The molecule has 0 fully saturated rings. The number of hydrogen-bond acceptors (Lipinski definition) is 5. The highest BCUT2D eigenvalue weighted by Gasteiger charge is 2.34. The minimum Gasteiger partial charge on any atom is -0.496 e. The third-order valence-corrected chi connectivity index (χ3v) is 9.04. The van der Waals surface area contributed by atoms with Gasteiger partial charge in [0.2, 0.25) is 11.8 Å². The summed E-state index contributed by atoms with van der Waals surface area (Å²) in [5.41, 5.74) is 2.01. The number of benzene rings is 3. The standard InChI is InChI=1S/C30H35BrClN3O5S/c1-6-27(30(37)33-20(2)3)34(18-22-9-11-23(32)12-10-22)29(36)19-35(24-13-7-21(4)8-14-24)41(38,39)25-15-16-28(40-5)26(31)17-25/h7-17,20,27H,6,18-19H2,1-5H3,(H,33,37)/t27-/m1/s1. The Kier molecular flexibility index (Phi) is 11.2. The fourth-order valence-electron chi connectivity index (χ4n) is 4.26. The fourth-order valence-corrected chi connectivity index (χ4v) is 6.52. The lowest BCUT2D eigenvalue weighted by molar-refractivity contribution is -0.140. The zero-order valence-electron chi connectivity index (χ0n) is 23.7. The molecule has 11 heteroatoms. The Balaban J connectivity index is 2.08. The van der Waals surface area contributed by atoms with Crippen LogP contribution in [0.15, 0.2) is 76.1 Å². The highest BCUT2D eigenvalue weighted by atomic mass is 79.9. The second-order valence-corrected chi connectivity index (χ2v) is 13.0. The molecule has 41 heavy (non-hydrogen) atoms. The molecule has 0 heterocycles. The van der Waals surface area contributed by atoms with Gasteiger partial charge in [0, 0.05) is 17.6 Å².